The molecule has 0 amide bonds. The van der Waals surface area contributed by atoms with Gasteiger partial charge in [0.1, 0.15) is 0 Å². The molecule has 0 aromatic carbocycles. The van der Waals surface area contributed by atoms with Gasteiger partial charge in [-0.25, -0.2) is 9.67 Å². The first-order valence-electron chi connectivity index (χ1n) is 8.84. The predicted octanol–water partition coefficient (Wildman–Crippen LogP) is 4.38. The summed E-state index contributed by atoms with van der Waals surface area (Å²) < 4.78 is 46.1. The van der Waals surface area contributed by atoms with E-state index in [1.54, 1.807) is 6.20 Å². The molecule has 1 fully saturated rings. The zero-order valence-corrected chi connectivity index (χ0v) is 14.7. The quantitative estimate of drug-likeness (QED) is 0.799. The van der Waals surface area contributed by atoms with E-state index in [0.717, 1.165) is 47.6 Å². The van der Waals surface area contributed by atoms with Crippen LogP contribution >= 0.6 is 0 Å². The monoisotopic (exact) mass is 376 g/mol. The van der Waals surface area contributed by atoms with Gasteiger partial charge in [-0.15, -0.1) is 0 Å². The number of alkyl halides is 3. The smallest absolute Gasteiger partial charge is 0.381 e. The van der Waals surface area contributed by atoms with Gasteiger partial charge in [-0.3, -0.25) is 4.98 Å². The van der Waals surface area contributed by atoms with E-state index in [9.17, 15) is 13.2 Å². The van der Waals surface area contributed by atoms with E-state index in [1.165, 1.54) is 6.20 Å². The van der Waals surface area contributed by atoms with Gasteiger partial charge in [0.2, 0.25) is 0 Å². The first-order valence-corrected chi connectivity index (χ1v) is 8.84. The number of aromatic nitrogens is 3. The third-order valence-corrected chi connectivity index (χ3v) is 4.90. The van der Waals surface area contributed by atoms with Crippen molar-refractivity contribution in [3.63, 3.8) is 0 Å². The zero-order chi connectivity index (χ0) is 19.0. The van der Waals surface area contributed by atoms with E-state index >= 15 is 0 Å². The van der Waals surface area contributed by atoms with Crippen LogP contribution in [0.1, 0.15) is 42.1 Å². The Labute approximate surface area is 154 Å². The minimum Gasteiger partial charge on any atom is -0.381 e. The fourth-order valence-corrected chi connectivity index (χ4v) is 3.51. The number of aliphatic imine (C=N–C) groups is 1. The summed E-state index contributed by atoms with van der Waals surface area (Å²) in [6.45, 7) is 5.47. The van der Waals surface area contributed by atoms with Gasteiger partial charge in [0, 0.05) is 49.2 Å². The molecular formula is C19H19F3N4O. The minimum absolute atomic E-state index is 0.213. The van der Waals surface area contributed by atoms with Crippen molar-refractivity contribution in [1.82, 2.24) is 14.8 Å². The molecule has 142 valence electrons. The zero-order valence-electron chi connectivity index (χ0n) is 14.7. The number of fused-ring (bicyclic) bond motifs is 1. The van der Waals surface area contributed by atoms with E-state index in [4.69, 9.17) is 9.73 Å². The van der Waals surface area contributed by atoms with Gasteiger partial charge in [0.15, 0.2) is 5.82 Å². The van der Waals surface area contributed by atoms with E-state index in [1.807, 2.05) is 4.68 Å². The lowest BCUT2D eigenvalue weighted by molar-refractivity contribution is -0.137. The van der Waals surface area contributed by atoms with E-state index in [2.05, 4.69) is 16.7 Å². The summed E-state index contributed by atoms with van der Waals surface area (Å²) in [5, 5.41) is 4.49. The molecule has 2 aromatic rings. The Bertz CT molecular complexity index is 895. The van der Waals surface area contributed by atoms with Gasteiger partial charge in [0.05, 0.1) is 17.8 Å². The summed E-state index contributed by atoms with van der Waals surface area (Å²) >= 11 is 0. The van der Waals surface area contributed by atoms with Crippen molar-refractivity contribution in [1.29, 1.82) is 0 Å². The largest absolute Gasteiger partial charge is 0.416 e. The Morgan fingerprint density at radius 2 is 2.04 bits per heavy atom. The predicted molar refractivity (Wildman–Crippen MR) is 95.0 cm³/mol. The van der Waals surface area contributed by atoms with Crippen molar-refractivity contribution in [2.45, 2.75) is 37.9 Å². The Morgan fingerprint density at radius 3 is 2.78 bits per heavy atom. The van der Waals surface area contributed by atoms with Crippen molar-refractivity contribution in [3.05, 3.63) is 47.9 Å². The van der Waals surface area contributed by atoms with Gasteiger partial charge < -0.3 is 4.74 Å². The highest BCUT2D eigenvalue weighted by Crippen LogP contribution is 2.37. The lowest BCUT2D eigenvalue weighted by Gasteiger charge is -2.24. The first kappa shape index (κ1) is 17.9. The molecule has 27 heavy (non-hydrogen) atoms. The van der Waals surface area contributed by atoms with E-state index in [0.29, 0.717) is 25.3 Å². The maximum absolute atomic E-state index is 12.9. The molecule has 2 aliphatic rings. The van der Waals surface area contributed by atoms with Gasteiger partial charge in [-0.2, -0.15) is 18.3 Å². The van der Waals surface area contributed by atoms with Crippen LogP contribution < -0.4 is 0 Å². The molecule has 2 aliphatic heterocycles. The maximum Gasteiger partial charge on any atom is 0.416 e. The molecule has 2 aromatic heterocycles. The molecule has 5 nitrogen and oxygen atoms in total. The van der Waals surface area contributed by atoms with Crippen molar-refractivity contribution < 1.29 is 17.9 Å². The number of rotatable bonds is 3. The molecule has 8 heteroatoms. The molecule has 0 atom stereocenters. The lowest BCUT2D eigenvalue weighted by atomic mass is 9.97. The average Bonchev–Trinajstić information content (AvgIpc) is 3.06. The molecule has 0 bridgehead atoms. The Hall–Kier alpha value is -2.48. The van der Waals surface area contributed by atoms with Crippen molar-refractivity contribution in [2.75, 3.05) is 13.2 Å². The number of pyridine rings is 1. The minimum atomic E-state index is -4.38. The third-order valence-electron chi connectivity index (χ3n) is 4.90. The molecule has 1 saturated heterocycles. The fraction of sp³-hybridized carbons (Fsp3) is 0.421. The van der Waals surface area contributed by atoms with Crippen LogP contribution in [0.5, 0.6) is 0 Å². The molecule has 0 N–H and O–H groups in total. The molecular weight excluding hydrogens is 357 g/mol. The molecule has 4 rings (SSSR count). The standard InChI is InChI=1S/C19H19F3N4O/c1-12-8-15(10-14-9-13(2-5-23-14)19(20,21)22)25-18-17(12)11-24-26(18)16-3-6-27-7-4-16/h2,5,9,11,16H,1,3-4,6-8,10H2. The van der Waals surface area contributed by atoms with E-state index in [-0.39, 0.29) is 12.5 Å². The average molecular weight is 376 g/mol. The summed E-state index contributed by atoms with van der Waals surface area (Å²) in [7, 11) is 0. The normalized spacial score (nSPS) is 18.3. The molecule has 0 aliphatic carbocycles. The Morgan fingerprint density at radius 1 is 1.26 bits per heavy atom. The second-order valence-electron chi connectivity index (χ2n) is 6.84. The SMILES string of the molecule is C=C1CC(Cc2cc(C(F)(F)F)ccn2)=Nc2c1cnn2C1CCOCC1. The van der Waals surface area contributed by atoms with Crippen LogP contribution in [0, 0.1) is 0 Å². The highest BCUT2D eigenvalue weighted by atomic mass is 19.4. The van der Waals surface area contributed by atoms with Crippen LogP contribution in [0.15, 0.2) is 36.1 Å². The summed E-state index contributed by atoms with van der Waals surface area (Å²) in [4.78, 5) is 8.79. The number of hydrogen-bond acceptors (Lipinski definition) is 4. The van der Waals surface area contributed by atoms with Crippen LogP contribution in [-0.4, -0.2) is 33.7 Å². The summed E-state index contributed by atoms with van der Waals surface area (Å²) in [5.41, 5.74) is 2.17. The van der Waals surface area contributed by atoms with Gasteiger partial charge in [0.25, 0.3) is 0 Å². The van der Waals surface area contributed by atoms with Gasteiger partial charge in [-0.05, 0) is 30.5 Å². The highest BCUT2D eigenvalue weighted by Gasteiger charge is 2.31. The molecule has 0 spiro atoms. The number of halogens is 3. The Balaban J connectivity index is 1.62. The second-order valence-corrected chi connectivity index (χ2v) is 6.84. The topological polar surface area (TPSA) is 52.3 Å². The van der Waals surface area contributed by atoms with Crippen LogP contribution in [0.25, 0.3) is 5.57 Å². The number of ether oxygens (including phenoxy) is 1. The molecule has 0 unspecified atom stereocenters. The van der Waals surface area contributed by atoms with Crippen LogP contribution in [0.3, 0.4) is 0 Å². The van der Waals surface area contributed by atoms with Crippen LogP contribution in [0.4, 0.5) is 19.0 Å². The van der Waals surface area contributed by atoms with Gasteiger partial charge >= 0.3 is 6.18 Å². The summed E-state index contributed by atoms with van der Waals surface area (Å²) in [6, 6.07) is 2.27. The van der Waals surface area contributed by atoms with Crippen molar-refractivity contribution in [3.8, 4) is 0 Å². The fourth-order valence-electron chi connectivity index (χ4n) is 3.51. The van der Waals surface area contributed by atoms with Crippen molar-refractivity contribution >= 4 is 17.1 Å². The summed E-state index contributed by atoms with van der Waals surface area (Å²) in [5.74, 6) is 0.736. The number of nitrogens with zero attached hydrogens (tertiary/aromatic N) is 4. The molecule has 0 saturated carbocycles. The maximum atomic E-state index is 12.9. The number of hydrogen-bond donors (Lipinski definition) is 0. The molecule has 0 radical (unpaired) electrons. The highest BCUT2D eigenvalue weighted by molar-refractivity contribution is 6.00. The van der Waals surface area contributed by atoms with Crippen LogP contribution in [-0.2, 0) is 17.3 Å². The summed E-state index contributed by atoms with van der Waals surface area (Å²) in [6.07, 6.45) is 1.06. The van der Waals surface area contributed by atoms with E-state index < -0.39 is 11.7 Å². The Kier molecular flexibility index (Phi) is 4.59. The molecule has 4 heterocycles. The van der Waals surface area contributed by atoms with Gasteiger partial charge in [-0.1, -0.05) is 6.58 Å². The first-order chi connectivity index (χ1) is 12.9. The van der Waals surface area contributed by atoms with Crippen LogP contribution in [0.2, 0.25) is 0 Å². The second kappa shape index (κ2) is 6.92. The lowest BCUT2D eigenvalue weighted by Crippen LogP contribution is -2.21. The van der Waals surface area contributed by atoms with Crippen molar-refractivity contribution in [2.24, 2.45) is 4.99 Å². The third kappa shape index (κ3) is 3.66. The number of allylic oxidation sites excluding steroid dienone is 1.